The molecule has 1 spiro atoms. The van der Waals surface area contributed by atoms with Gasteiger partial charge in [-0.25, -0.2) is 4.39 Å². The topological polar surface area (TPSA) is 140 Å². The van der Waals surface area contributed by atoms with E-state index in [9.17, 15) is 33.1 Å². The molecule has 0 unspecified atom stereocenters. The fraction of sp³-hybridized carbons (Fsp3) is 0.564. The molecule has 14 heteroatoms. The molecular weight excluding hydrogens is 718 g/mol. The van der Waals surface area contributed by atoms with Gasteiger partial charge in [0.1, 0.15) is 12.1 Å². The van der Waals surface area contributed by atoms with Gasteiger partial charge in [-0.1, -0.05) is 43.3 Å². The lowest BCUT2D eigenvalue weighted by Crippen LogP contribution is -2.59. The number of ether oxygens (including phenoxy) is 1. The molecule has 1 aromatic heterocycles. The number of likely N-dealkylation sites (tertiary alicyclic amines) is 1. The highest BCUT2D eigenvalue weighted by Gasteiger charge is 2.58. The Morgan fingerprint density at radius 1 is 1.09 bits per heavy atom. The van der Waals surface area contributed by atoms with Gasteiger partial charge in [0.2, 0.25) is 17.7 Å². The third-order valence-electron chi connectivity index (χ3n) is 12.4. The summed E-state index contributed by atoms with van der Waals surface area (Å²) in [6, 6.07) is 14.7. The van der Waals surface area contributed by atoms with Crippen LogP contribution >= 0.6 is 18.9 Å². The van der Waals surface area contributed by atoms with Gasteiger partial charge in [-0.3, -0.25) is 18.9 Å². The Kier molecular flexibility index (Phi) is 9.60. The smallest absolute Gasteiger partial charge is 0.363 e. The second kappa shape index (κ2) is 13.8. The van der Waals surface area contributed by atoms with Gasteiger partial charge in [-0.2, -0.15) is 0 Å². The average Bonchev–Trinajstić information content (AvgIpc) is 3.41. The predicted octanol–water partition coefficient (Wildman–Crippen LogP) is 5.57. The van der Waals surface area contributed by atoms with Gasteiger partial charge in [0.05, 0.1) is 18.1 Å². The van der Waals surface area contributed by atoms with Crippen LogP contribution in [0.4, 0.5) is 4.39 Å². The van der Waals surface area contributed by atoms with E-state index in [1.165, 1.54) is 29.0 Å². The highest BCUT2D eigenvalue weighted by atomic mass is 32.1. The number of thiophene rings is 1. The summed E-state index contributed by atoms with van der Waals surface area (Å²) in [5, 5.41) is 3.50. The molecule has 284 valence electrons. The first-order chi connectivity index (χ1) is 25.2. The van der Waals surface area contributed by atoms with Crippen LogP contribution in [-0.2, 0) is 18.9 Å². The Labute approximate surface area is 313 Å². The minimum Gasteiger partial charge on any atom is -0.380 e. The third-order valence-corrected chi connectivity index (χ3v) is 14.4. The molecule has 53 heavy (non-hydrogen) atoms. The first-order valence-electron chi connectivity index (χ1n) is 18.7. The number of amides is 3. The predicted molar refractivity (Wildman–Crippen MR) is 199 cm³/mol. The minimum absolute atomic E-state index is 0.0215. The van der Waals surface area contributed by atoms with E-state index in [4.69, 9.17) is 4.74 Å². The number of carbonyl (C=O) groups excluding carboxylic acids is 3. The number of nitrogens with zero attached hydrogens (tertiary/aromatic N) is 3. The van der Waals surface area contributed by atoms with Crippen molar-refractivity contribution in [2.75, 3.05) is 33.4 Å². The molecule has 3 N–H and O–H groups in total. The third kappa shape index (κ3) is 7.09. The number of rotatable bonds is 9. The Morgan fingerprint density at radius 2 is 1.85 bits per heavy atom. The zero-order chi connectivity index (χ0) is 37.3. The first kappa shape index (κ1) is 36.8. The SMILES string of the molecule is CN(CC1(C)COC1)[C@H]1CC[C@H](NC(=O)c2cc3cc([C@H](F)P(=O)(O)O)ccc3s2)C(=O)N2[C@H](CC[C@H]2C(=O)N2C[C@H](c3ccccc3)CC23CC3)C1. The van der Waals surface area contributed by atoms with Crippen molar-refractivity contribution in [2.24, 2.45) is 5.41 Å². The van der Waals surface area contributed by atoms with Gasteiger partial charge in [-0.15, -0.1) is 11.3 Å². The number of hydrogen-bond donors (Lipinski definition) is 3. The van der Waals surface area contributed by atoms with Crippen molar-refractivity contribution >= 4 is 46.7 Å². The van der Waals surface area contributed by atoms with E-state index in [1.807, 2.05) is 23.1 Å². The van der Waals surface area contributed by atoms with Gasteiger partial charge in [0.15, 0.2) is 0 Å². The normalized spacial score (nSPS) is 28.4. The van der Waals surface area contributed by atoms with Gasteiger partial charge in [0.25, 0.3) is 5.91 Å². The molecular formula is C39H48FN4O7PS. The van der Waals surface area contributed by atoms with Crippen LogP contribution in [0.15, 0.2) is 54.6 Å². The van der Waals surface area contributed by atoms with Gasteiger partial charge >= 0.3 is 7.60 Å². The lowest BCUT2D eigenvalue weighted by atomic mass is 9.86. The fourth-order valence-electron chi connectivity index (χ4n) is 9.46. The second-order valence-corrected chi connectivity index (χ2v) is 19.2. The highest BCUT2D eigenvalue weighted by Crippen LogP contribution is 2.55. The maximum absolute atomic E-state index is 14.7. The molecule has 4 saturated heterocycles. The zero-order valence-electron chi connectivity index (χ0n) is 30.2. The summed E-state index contributed by atoms with van der Waals surface area (Å²) in [7, 11) is -2.88. The van der Waals surface area contributed by atoms with E-state index in [-0.39, 0.29) is 46.3 Å². The lowest BCUT2D eigenvalue weighted by molar-refractivity contribution is -0.148. The standard InChI is InChI=1S/C39H48FN4O7PS/c1-38(22-51-23-38)21-42(2)28-9-11-30(41-35(45)33-17-26-16-25(8-13-32(26)53-33)34(40)52(48,49)50)36(46)44-29(18-28)10-12-31(44)37(47)43-20-27(19-39(43)14-15-39)24-6-4-3-5-7-24/h3-8,13,16-17,27-31,34H,9-12,14-15,18-23H2,1-2H3,(H,41,45)(H2,48,49,50)/t27-,28+,29-,30+,31+,34-/m1/s1. The molecule has 6 atom stereocenters. The van der Waals surface area contributed by atoms with Crippen molar-refractivity contribution < 1.29 is 37.9 Å². The number of carbonyl (C=O) groups is 3. The summed E-state index contributed by atoms with van der Waals surface area (Å²) in [5.74, 6) is -2.87. The largest absolute Gasteiger partial charge is 0.380 e. The van der Waals surface area contributed by atoms with Crippen LogP contribution in [0.25, 0.3) is 10.1 Å². The molecule has 1 aliphatic carbocycles. The number of hydrogen-bond acceptors (Lipinski definition) is 7. The Morgan fingerprint density at radius 3 is 2.53 bits per heavy atom. The lowest BCUT2D eigenvalue weighted by Gasteiger charge is -2.45. The molecule has 8 rings (SSSR count). The molecule has 4 aliphatic heterocycles. The highest BCUT2D eigenvalue weighted by molar-refractivity contribution is 7.51. The van der Waals surface area contributed by atoms with Crippen LogP contribution in [0.2, 0.25) is 0 Å². The molecule has 5 heterocycles. The summed E-state index contributed by atoms with van der Waals surface area (Å²) >= 11 is 1.17. The van der Waals surface area contributed by atoms with Crippen molar-refractivity contribution in [3.8, 4) is 0 Å². The summed E-state index contributed by atoms with van der Waals surface area (Å²) < 4.78 is 32.2. The van der Waals surface area contributed by atoms with E-state index in [2.05, 4.69) is 41.2 Å². The molecule has 0 bridgehead atoms. The van der Waals surface area contributed by atoms with Crippen molar-refractivity contribution in [3.63, 3.8) is 0 Å². The maximum atomic E-state index is 14.7. The number of alkyl halides is 1. The second-order valence-electron chi connectivity index (χ2n) is 16.5. The van der Waals surface area contributed by atoms with E-state index in [0.29, 0.717) is 54.0 Å². The van der Waals surface area contributed by atoms with Crippen LogP contribution in [0, 0.1) is 5.41 Å². The fourth-order valence-corrected chi connectivity index (χ4v) is 11.0. The molecule has 3 amide bonds. The van der Waals surface area contributed by atoms with Gasteiger partial charge in [-0.05, 0) is 93.1 Å². The quantitative estimate of drug-likeness (QED) is 0.240. The molecule has 0 radical (unpaired) electrons. The Bertz CT molecular complexity index is 1950. The molecule has 5 aliphatic rings. The van der Waals surface area contributed by atoms with E-state index in [1.54, 1.807) is 12.1 Å². The Balaban J connectivity index is 1.05. The molecule has 5 fully saturated rings. The van der Waals surface area contributed by atoms with Crippen molar-refractivity contribution in [1.29, 1.82) is 0 Å². The van der Waals surface area contributed by atoms with E-state index < -0.39 is 31.5 Å². The van der Waals surface area contributed by atoms with Crippen LogP contribution in [0.5, 0.6) is 0 Å². The molecule has 3 aromatic rings. The molecule has 2 aromatic carbocycles. The van der Waals surface area contributed by atoms with Crippen LogP contribution < -0.4 is 5.32 Å². The van der Waals surface area contributed by atoms with Crippen LogP contribution in [-0.4, -0.2) is 105 Å². The number of benzene rings is 2. The van der Waals surface area contributed by atoms with Crippen LogP contribution in [0.1, 0.15) is 90.9 Å². The van der Waals surface area contributed by atoms with Gasteiger partial charge < -0.3 is 34.5 Å². The maximum Gasteiger partial charge on any atom is 0.363 e. The molecule has 11 nitrogen and oxygen atoms in total. The number of nitrogens with one attached hydrogen (secondary N) is 1. The monoisotopic (exact) mass is 766 g/mol. The van der Waals surface area contributed by atoms with Crippen molar-refractivity contribution in [3.05, 3.63) is 70.6 Å². The van der Waals surface area contributed by atoms with E-state index in [0.717, 1.165) is 38.6 Å². The van der Waals surface area contributed by atoms with Gasteiger partial charge in [0, 0.05) is 46.7 Å². The van der Waals surface area contributed by atoms with Crippen LogP contribution in [0.3, 0.4) is 0 Å². The average molecular weight is 767 g/mol. The summed E-state index contributed by atoms with van der Waals surface area (Å²) in [4.78, 5) is 68.5. The summed E-state index contributed by atoms with van der Waals surface area (Å²) in [6.07, 6.45) is 6.04. The minimum atomic E-state index is -5.00. The number of fused-ring (bicyclic) bond motifs is 2. The Hall–Kier alpha value is -3.19. The number of halogens is 1. The summed E-state index contributed by atoms with van der Waals surface area (Å²) in [5.41, 5.74) is 0.989. The van der Waals surface area contributed by atoms with Crippen molar-refractivity contribution in [2.45, 2.75) is 99.8 Å². The summed E-state index contributed by atoms with van der Waals surface area (Å²) in [6.45, 7) is 5.12. The molecule has 1 saturated carbocycles. The first-order valence-corrected chi connectivity index (χ1v) is 21.2. The van der Waals surface area contributed by atoms with E-state index >= 15 is 0 Å². The van der Waals surface area contributed by atoms with Crippen molar-refractivity contribution in [1.82, 2.24) is 20.0 Å². The zero-order valence-corrected chi connectivity index (χ0v) is 31.9.